The molecule has 0 radical (unpaired) electrons. The SMILES string of the molecule is CCCCCCCCCCCCCCCCCCCC(=O)C(C=O)(C(=O)CCCCCCCCCCCCCCCCC)C(CCCCCCCCCCCCCCCCCC(=O)CCCCCCCCCCCCCCCCC)(C(=O)CCCCCCCCCCCCCCCCCCC)C(=O)CCCCCCCCCCCCCCCCCCC. The molecule has 0 heterocycles. The molecule has 122 heavy (non-hydrogen) atoms. The summed E-state index contributed by atoms with van der Waals surface area (Å²) in [7, 11) is 0. The van der Waals surface area contributed by atoms with Gasteiger partial charge < -0.3 is 4.79 Å². The normalized spacial score (nSPS) is 12.3. The van der Waals surface area contributed by atoms with Gasteiger partial charge in [0.2, 0.25) is 0 Å². The summed E-state index contributed by atoms with van der Waals surface area (Å²) in [5, 5.41) is 0. The highest BCUT2D eigenvalue weighted by Gasteiger charge is 2.66. The van der Waals surface area contributed by atoms with E-state index in [4.69, 9.17) is 0 Å². The van der Waals surface area contributed by atoms with Crippen LogP contribution in [0.2, 0.25) is 0 Å². The lowest BCUT2D eigenvalue weighted by Gasteiger charge is -2.44. The fourth-order valence-corrected chi connectivity index (χ4v) is 20.3. The first-order chi connectivity index (χ1) is 60.2. The monoisotopic (exact) mass is 1710 g/mol. The zero-order chi connectivity index (χ0) is 88.4. The molecule has 0 aliphatic heterocycles. The Labute approximate surface area is 766 Å². The van der Waals surface area contributed by atoms with Crippen molar-refractivity contribution in [3.63, 3.8) is 0 Å². The second-order valence-corrected chi connectivity index (χ2v) is 40.5. The lowest BCUT2D eigenvalue weighted by molar-refractivity contribution is -0.168. The highest BCUT2D eigenvalue weighted by molar-refractivity contribution is 6.28. The third-order valence-electron chi connectivity index (χ3n) is 28.8. The third-order valence-corrected chi connectivity index (χ3v) is 28.8. The van der Waals surface area contributed by atoms with Crippen LogP contribution in [0, 0.1) is 10.8 Å². The van der Waals surface area contributed by atoms with E-state index in [9.17, 15) is 9.59 Å². The van der Waals surface area contributed by atoms with Crippen molar-refractivity contribution in [3.05, 3.63) is 0 Å². The number of hydrogen-bond acceptors (Lipinski definition) is 6. The van der Waals surface area contributed by atoms with Gasteiger partial charge in [0.15, 0.2) is 17.0 Å². The summed E-state index contributed by atoms with van der Waals surface area (Å²) in [6, 6.07) is 0. The van der Waals surface area contributed by atoms with E-state index in [-0.39, 0.29) is 43.7 Å². The van der Waals surface area contributed by atoms with E-state index in [1.54, 1.807) is 0 Å². The van der Waals surface area contributed by atoms with E-state index in [1.165, 1.54) is 469 Å². The Morgan fingerprint density at radius 2 is 0.262 bits per heavy atom. The fourth-order valence-electron chi connectivity index (χ4n) is 20.3. The highest BCUT2D eigenvalue weighted by Crippen LogP contribution is 2.50. The average molecular weight is 1710 g/mol. The minimum Gasteiger partial charge on any atom is -0.302 e. The molecule has 0 rings (SSSR count). The van der Waals surface area contributed by atoms with E-state index in [2.05, 4.69) is 34.6 Å². The van der Waals surface area contributed by atoms with Crippen molar-refractivity contribution in [1.29, 1.82) is 0 Å². The van der Waals surface area contributed by atoms with Crippen LogP contribution in [0.1, 0.15) is 696 Å². The molecule has 6 nitrogen and oxygen atoms in total. The smallest absolute Gasteiger partial charge is 0.162 e. The molecular formula is C116H222O6. The Bertz CT molecular complexity index is 2090. The van der Waals surface area contributed by atoms with Crippen LogP contribution in [0.3, 0.4) is 0 Å². The van der Waals surface area contributed by atoms with Gasteiger partial charge in [-0.05, 0) is 44.9 Å². The number of aldehydes is 1. The molecule has 0 aliphatic carbocycles. The maximum absolute atomic E-state index is 16.1. The van der Waals surface area contributed by atoms with E-state index < -0.39 is 22.4 Å². The summed E-state index contributed by atoms with van der Waals surface area (Å²) >= 11 is 0. The first-order valence-electron chi connectivity index (χ1n) is 57.3. The molecule has 722 valence electrons. The van der Waals surface area contributed by atoms with Crippen molar-refractivity contribution in [1.82, 2.24) is 0 Å². The second kappa shape index (κ2) is 99.6. The lowest BCUT2D eigenvalue weighted by Crippen LogP contribution is -2.62. The summed E-state index contributed by atoms with van der Waals surface area (Å²) in [4.78, 5) is 91.6. The minimum absolute atomic E-state index is 0.0746. The van der Waals surface area contributed by atoms with Crippen molar-refractivity contribution < 1.29 is 28.8 Å². The molecule has 6 heteroatoms. The number of carbonyl (C=O) groups is 6. The quantitative estimate of drug-likeness (QED) is 0.0341. The number of Topliss-reactive ketones (excluding diaryl/α,β-unsaturated/α-hetero) is 5. The van der Waals surface area contributed by atoms with Crippen molar-refractivity contribution in [2.45, 2.75) is 696 Å². The Kier molecular flexibility index (Phi) is 98.0. The molecule has 0 aromatic rings. The first-order valence-corrected chi connectivity index (χ1v) is 57.3. The molecule has 1 atom stereocenters. The van der Waals surface area contributed by atoms with Crippen LogP contribution in [0.15, 0.2) is 0 Å². The van der Waals surface area contributed by atoms with Gasteiger partial charge in [-0.1, -0.05) is 612 Å². The van der Waals surface area contributed by atoms with Crippen LogP contribution in [0.4, 0.5) is 0 Å². The zero-order valence-electron chi connectivity index (χ0n) is 84.4. The van der Waals surface area contributed by atoms with E-state index in [0.29, 0.717) is 44.2 Å². The van der Waals surface area contributed by atoms with Crippen molar-refractivity contribution >= 4 is 35.2 Å². The second-order valence-electron chi connectivity index (χ2n) is 40.5. The Morgan fingerprint density at radius 3 is 0.402 bits per heavy atom. The molecule has 0 fully saturated rings. The van der Waals surface area contributed by atoms with Crippen molar-refractivity contribution in [2.75, 3.05) is 0 Å². The Morgan fingerprint density at radius 1 is 0.148 bits per heavy atom. The van der Waals surface area contributed by atoms with Gasteiger partial charge in [0.05, 0.1) is 0 Å². The summed E-state index contributed by atoms with van der Waals surface area (Å²) in [6.45, 7) is 11.5. The number of ketones is 5. The Hall–Kier alpha value is -1.98. The third kappa shape index (κ3) is 75.8. The number of carbonyl (C=O) groups excluding carboxylic acids is 6. The molecule has 0 saturated carbocycles. The van der Waals surface area contributed by atoms with Gasteiger partial charge in [-0.2, -0.15) is 0 Å². The molecule has 0 amide bonds. The van der Waals surface area contributed by atoms with E-state index in [0.717, 1.165) is 128 Å². The molecular weight excluding hydrogens is 1490 g/mol. The lowest BCUT2D eigenvalue weighted by atomic mass is 9.51. The molecule has 0 aromatic heterocycles. The topological polar surface area (TPSA) is 102 Å². The predicted octanol–water partition coefficient (Wildman–Crippen LogP) is 40.3. The molecule has 0 aliphatic rings. The molecule has 0 N–H and O–H groups in total. The van der Waals surface area contributed by atoms with E-state index in [1.807, 2.05) is 0 Å². The van der Waals surface area contributed by atoms with Gasteiger partial charge >= 0.3 is 0 Å². The van der Waals surface area contributed by atoms with Gasteiger partial charge in [-0.3, -0.25) is 24.0 Å². The summed E-state index contributed by atoms with van der Waals surface area (Å²) < 4.78 is 0. The van der Waals surface area contributed by atoms with Crippen LogP contribution < -0.4 is 0 Å². The van der Waals surface area contributed by atoms with Crippen LogP contribution in [0.25, 0.3) is 0 Å². The van der Waals surface area contributed by atoms with Crippen molar-refractivity contribution in [3.8, 4) is 0 Å². The summed E-state index contributed by atoms with van der Waals surface area (Å²) in [5.74, 6) is -0.893. The summed E-state index contributed by atoms with van der Waals surface area (Å²) in [5.41, 5.74) is -4.23. The van der Waals surface area contributed by atoms with Gasteiger partial charge in [0.25, 0.3) is 0 Å². The first kappa shape index (κ1) is 120. The molecule has 0 bridgehead atoms. The average Bonchev–Trinajstić information content (AvgIpc) is 0.721. The molecule has 1 unspecified atom stereocenters. The predicted molar refractivity (Wildman–Crippen MR) is 540 cm³/mol. The minimum atomic E-state index is -2.28. The molecule has 0 spiro atoms. The maximum atomic E-state index is 16.1. The highest BCUT2D eigenvalue weighted by atomic mass is 16.2. The van der Waals surface area contributed by atoms with Crippen molar-refractivity contribution in [2.24, 2.45) is 10.8 Å². The maximum Gasteiger partial charge on any atom is 0.162 e. The van der Waals surface area contributed by atoms with E-state index >= 15 is 19.2 Å². The van der Waals surface area contributed by atoms with Gasteiger partial charge in [-0.15, -0.1) is 0 Å². The van der Waals surface area contributed by atoms with Crippen LogP contribution in [0.5, 0.6) is 0 Å². The largest absolute Gasteiger partial charge is 0.302 e. The standard InChI is InChI=1S/C116H222O6/c1-6-11-16-21-26-31-36-41-46-49-56-63-69-76-83-90-97-104-111(119)115(112(120)105-98-91-84-77-70-64-57-50-47-42-37-32-27-22-17-12-7-2,108-101-94-87-80-73-66-59-52-55-61-68-75-82-89-96-103-110(118)102-95-88-81-74-67-60-53-44-39-34-29-24-19-14-9-4)116(109-117,113(121)106-99-92-85-78-71-62-54-45-40-35-30-25-20-15-10-5)114(122)107-100-93-86-79-72-65-58-51-48-43-38-33-28-23-18-13-8-3/h109H,6-108H2,1-5H3. The van der Waals surface area contributed by atoms with Gasteiger partial charge in [0, 0.05) is 38.5 Å². The molecule has 0 aromatic carbocycles. The Balaban J connectivity index is 6.35. The fraction of sp³-hybridized carbons (Fsp3) is 0.948. The van der Waals surface area contributed by atoms with Gasteiger partial charge in [-0.25, -0.2) is 0 Å². The zero-order valence-corrected chi connectivity index (χ0v) is 84.4. The van der Waals surface area contributed by atoms with Crippen LogP contribution >= 0.6 is 0 Å². The van der Waals surface area contributed by atoms with Crippen LogP contribution in [-0.4, -0.2) is 35.2 Å². The van der Waals surface area contributed by atoms with Crippen LogP contribution in [-0.2, 0) is 28.8 Å². The number of hydrogen-bond donors (Lipinski definition) is 0. The number of unbranched alkanes of at least 4 members (excludes halogenated alkanes) is 90. The summed E-state index contributed by atoms with van der Waals surface area (Å²) in [6.07, 6.45) is 121. The number of rotatable bonds is 110. The van der Waals surface area contributed by atoms with Gasteiger partial charge in [0.1, 0.15) is 29.1 Å². The molecule has 0 saturated heterocycles.